The Morgan fingerprint density at radius 3 is 2.76 bits per heavy atom. The predicted molar refractivity (Wildman–Crippen MR) is 79.7 cm³/mol. The first-order valence-corrected chi connectivity index (χ1v) is 7.14. The van der Waals surface area contributed by atoms with Gasteiger partial charge in [0.2, 0.25) is 0 Å². The van der Waals surface area contributed by atoms with E-state index in [1.165, 1.54) is 28.9 Å². The molecule has 0 aliphatic heterocycles. The van der Waals surface area contributed by atoms with Crippen molar-refractivity contribution < 1.29 is 22.7 Å². The van der Waals surface area contributed by atoms with Crippen LogP contribution >= 0.6 is 0 Å². The van der Waals surface area contributed by atoms with Crippen molar-refractivity contribution in [2.75, 3.05) is 0 Å². The number of H-pyrrole nitrogens is 1. The van der Waals surface area contributed by atoms with Crippen molar-refractivity contribution in [3.63, 3.8) is 0 Å². The van der Waals surface area contributed by atoms with Crippen LogP contribution < -0.4 is 10.1 Å². The largest absolute Gasteiger partial charge is 0.573 e. The molecule has 1 aromatic carbocycles. The highest BCUT2D eigenvalue weighted by Crippen LogP contribution is 2.26. The van der Waals surface area contributed by atoms with Crippen LogP contribution in [0.15, 0.2) is 24.3 Å². The molecule has 2 N–H and O–H groups in total. The van der Waals surface area contributed by atoms with Gasteiger partial charge in [0.05, 0.1) is 6.04 Å². The number of rotatable bonds is 4. The van der Waals surface area contributed by atoms with E-state index in [1.54, 1.807) is 14.0 Å². The molecule has 0 saturated heterocycles. The zero-order valence-electron chi connectivity index (χ0n) is 13.1. The minimum atomic E-state index is -4.78. The molecule has 3 rings (SSSR count). The normalized spacial score (nSPS) is 13.0. The summed E-state index contributed by atoms with van der Waals surface area (Å²) in [7, 11) is 1.64. The van der Waals surface area contributed by atoms with E-state index < -0.39 is 18.3 Å². The fourth-order valence-electron chi connectivity index (χ4n) is 2.37. The molecule has 2 heterocycles. The minimum absolute atomic E-state index is 0.195. The Labute approximate surface area is 139 Å². The Kier molecular flexibility index (Phi) is 4.07. The number of benzene rings is 1. The summed E-state index contributed by atoms with van der Waals surface area (Å²) in [5, 5.41) is 14.3. The molecule has 2 aromatic heterocycles. The van der Waals surface area contributed by atoms with Crippen molar-refractivity contribution in [2.24, 2.45) is 7.05 Å². The van der Waals surface area contributed by atoms with Crippen LogP contribution in [0.5, 0.6) is 5.75 Å². The van der Waals surface area contributed by atoms with E-state index in [0.717, 1.165) is 0 Å². The summed E-state index contributed by atoms with van der Waals surface area (Å²) in [6.07, 6.45) is -4.78. The number of ether oxygens (including phenoxy) is 1. The van der Waals surface area contributed by atoms with E-state index >= 15 is 0 Å². The number of fused-ring (bicyclic) bond motifs is 1. The molecular formula is C14H13F3N6O2. The first kappa shape index (κ1) is 16.7. The molecule has 0 aliphatic rings. The smallest absolute Gasteiger partial charge is 0.406 e. The average Bonchev–Trinajstić information content (AvgIpc) is 3.11. The zero-order chi connectivity index (χ0) is 18.2. The Hall–Kier alpha value is -3.11. The Morgan fingerprint density at radius 2 is 2.12 bits per heavy atom. The molecule has 0 fully saturated rings. The van der Waals surface area contributed by atoms with Crippen LogP contribution in [-0.2, 0) is 7.05 Å². The van der Waals surface area contributed by atoms with Gasteiger partial charge in [0.1, 0.15) is 11.4 Å². The number of aryl methyl sites for hydroxylation is 1. The van der Waals surface area contributed by atoms with E-state index in [0.29, 0.717) is 16.7 Å². The van der Waals surface area contributed by atoms with Crippen molar-refractivity contribution in [1.29, 1.82) is 0 Å². The highest BCUT2D eigenvalue weighted by Gasteiger charge is 2.31. The molecule has 11 heteroatoms. The summed E-state index contributed by atoms with van der Waals surface area (Å²) < 4.78 is 42.1. The molecule has 0 bridgehead atoms. The van der Waals surface area contributed by atoms with Gasteiger partial charge in [-0.3, -0.25) is 4.79 Å². The first-order chi connectivity index (χ1) is 11.7. The van der Waals surface area contributed by atoms with Gasteiger partial charge in [-0.05, 0) is 35.5 Å². The summed E-state index contributed by atoms with van der Waals surface area (Å²) in [5.74, 6) is -0.345. The van der Waals surface area contributed by atoms with E-state index in [1.807, 2.05) is 0 Å². The highest BCUT2D eigenvalue weighted by molar-refractivity contribution is 5.98. The number of nitrogens with one attached hydrogen (secondary N) is 2. The first-order valence-electron chi connectivity index (χ1n) is 7.14. The van der Waals surface area contributed by atoms with Crippen LogP contribution in [0, 0.1) is 0 Å². The fraction of sp³-hybridized carbons (Fsp3) is 0.286. The quantitative estimate of drug-likeness (QED) is 0.748. The molecule has 1 amide bonds. The third-order valence-electron chi connectivity index (χ3n) is 3.46. The average molecular weight is 354 g/mol. The molecule has 0 radical (unpaired) electrons. The lowest BCUT2D eigenvalue weighted by atomic mass is 10.2. The second kappa shape index (κ2) is 6.07. The highest BCUT2D eigenvalue weighted by atomic mass is 19.4. The fourth-order valence-corrected chi connectivity index (χ4v) is 2.37. The van der Waals surface area contributed by atoms with Crippen LogP contribution in [0.2, 0.25) is 0 Å². The minimum Gasteiger partial charge on any atom is -0.406 e. The van der Waals surface area contributed by atoms with E-state index in [9.17, 15) is 18.0 Å². The van der Waals surface area contributed by atoms with Crippen LogP contribution in [0.4, 0.5) is 13.2 Å². The molecule has 25 heavy (non-hydrogen) atoms. The molecule has 0 aliphatic carbocycles. The lowest BCUT2D eigenvalue weighted by Gasteiger charge is -2.11. The van der Waals surface area contributed by atoms with Crippen molar-refractivity contribution in [3.8, 4) is 5.75 Å². The maximum atomic E-state index is 12.3. The summed E-state index contributed by atoms with van der Waals surface area (Å²) in [6, 6.07) is 4.86. The Balaban J connectivity index is 1.79. The Bertz CT molecular complexity index is 917. The molecule has 8 nitrogen and oxygen atoms in total. The lowest BCUT2D eigenvalue weighted by Crippen LogP contribution is -2.28. The van der Waals surface area contributed by atoms with Gasteiger partial charge in [-0.2, -0.15) is 0 Å². The summed E-state index contributed by atoms with van der Waals surface area (Å²) in [5.41, 5.74) is 0.543. The lowest BCUT2D eigenvalue weighted by molar-refractivity contribution is -0.274. The monoisotopic (exact) mass is 354 g/mol. The number of halogens is 3. The number of hydrogen-bond acceptors (Lipinski definition) is 5. The van der Waals surface area contributed by atoms with Gasteiger partial charge in [0.15, 0.2) is 5.82 Å². The zero-order valence-corrected chi connectivity index (χ0v) is 13.1. The molecule has 1 unspecified atom stereocenters. The van der Waals surface area contributed by atoms with Gasteiger partial charge in [-0.15, -0.1) is 18.3 Å². The maximum absolute atomic E-state index is 12.3. The van der Waals surface area contributed by atoms with Gasteiger partial charge in [-0.1, -0.05) is 0 Å². The molecule has 0 saturated carbocycles. The topological polar surface area (TPSA) is 97.7 Å². The Morgan fingerprint density at radius 1 is 1.36 bits per heavy atom. The SMILES string of the molecule is CC(NC(=O)c1cc2ccc(OC(F)(F)F)cc2[nH]1)c1nnnn1C. The number of aromatic amines is 1. The second-order valence-electron chi connectivity index (χ2n) is 5.34. The van der Waals surface area contributed by atoms with Crippen LogP contribution in [0.3, 0.4) is 0 Å². The van der Waals surface area contributed by atoms with Crippen LogP contribution in [0.1, 0.15) is 29.3 Å². The summed E-state index contributed by atoms with van der Waals surface area (Å²) in [6.45, 7) is 1.71. The number of alkyl halides is 3. The summed E-state index contributed by atoms with van der Waals surface area (Å²) >= 11 is 0. The van der Waals surface area contributed by atoms with E-state index in [2.05, 4.69) is 30.6 Å². The number of aromatic nitrogens is 5. The number of carbonyl (C=O) groups excluding carboxylic acids is 1. The van der Waals surface area contributed by atoms with Crippen molar-refractivity contribution in [1.82, 2.24) is 30.5 Å². The molecule has 1 atom stereocenters. The maximum Gasteiger partial charge on any atom is 0.573 e. The number of amides is 1. The van der Waals surface area contributed by atoms with Gasteiger partial charge in [-0.25, -0.2) is 4.68 Å². The number of nitrogens with zero attached hydrogens (tertiary/aromatic N) is 4. The third-order valence-corrected chi connectivity index (χ3v) is 3.46. The van der Waals surface area contributed by atoms with Crippen molar-refractivity contribution >= 4 is 16.8 Å². The number of hydrogen-bond donors (Lipinski definition) is 2. The van der Waals surface area contributed by atoms with E-state index in [4.69, 9.17) is 0 Å². The number of tetrazole rings is 1. The standard InChI is InChI=1S/C14H13F3N6O2/c1-7(12-20-21-22-23(12)2)18-13(24)11-5-8-3-4-9(6-10(8)19-11)25-14(15,16)17/h3-7,19H,1-2H3,(H,18,24). The third kappa shape index (κ3) is 3.70. The molecule has 3 aromatic rings. The predicted octanol–water partition coefficient (Wildman–Crippen LogP) is 2.08. The molecular weight excluding hydrogens is 341 g/mol. The van der Waals surface area contributed by atoms with Gasteiger partial charge in [0, 0.05) is 24.0 Å². The van der Waals surface area contributed by atoms with E-state index in [-0.39, 0.29) is 11.4 Å². The van der Waals surface area contributed by atoms with Gasteiger partial charge < -0.3 is 15.0 Å². The van der Waals surface area contributed by atoms with Crippen molar-refractivity contribution in [3.05, 3.63) is 35.8 Å². The van der Waals surface area contributed by atoms with Crippen LogP contribution in [-0.4, -0.2) is 37.5 Å². The second-order valence-corrected chi connectivity index (χ2v) is 5.34. The van der Waals surface area contributed by atoms with Crippen LogP contribution in [0.25, 0.3) is 10.9 Å². The summed E-state index contributed by atoms with van der Waals surface area (Å²) in [4.78, 5) is 15.1. The van der Waals surface area contributed by atoms with Crippen molar-refractivity contribution in [2.45, 2.75) is 19.3 Å². The number of carbonyl (C=O) groups is 1. The van der Waals surface area contributed by atoms with Gasteiger partial charge >= 0.3 is 6.36 Å². The van der Waals surface area contributed by atoms with Gasteiger partial charge in [0.25, 0.3) is 5.91 Å². The molecule has 132 valence electrons. The molecule has 0 spiro atoms.